The van der Waals surface area contributed by atoms with Crippen LogP contribution in [-0.2, 0) is 4.79 Å². The number of ether oxygens (including phenoxy) is 1. The maximum atomic E-state index is 12.3. The largest absolute Gasteiger partial charge is 0.494 e. The monoisotopic (exact) mass is 395 g/mol. The SMILES string of the molecule is CCOc1ccc(C=C2SC(=Nc3ccc(N(CC)CC)cc3)NC2=O)cc1. The van der Waals surface area contributed by atoms with Gasteiger partial charge in [-0.05, 0) is 80.6 Å². The Morgan fingerprint density at radius 2 is 1.71 bits per heavy atom. The van der Waals surface area contributed by atoms with Crippen LogP contribution in [0.15, 0.2) is 58.4 Å². The summed E-state index contributed by atoms with van der Waals surface area (Å²) in [6, 6.07) is 15.7. The highest BCUT2D eigenvalue weighted by molar-refractivity contribution is 8.18. The van der Waals surface area contributed by atoms with E-state index in [-0.39, 0.29) is 5.91 Å². The van der Waals surface area contributed by atoms with Crippen molar-refractivity contribution < 1.29 is 9.53 Å². The first-order valence-electron chi connectivity index (χ1n) is 9.50. The number of anilines is 1. The number of hydrogen-bond acceptors (Lipinski definition) is 5. The van der Waals surface area contributed by atoms with Gasteiger partial charge in [-0.25, -0.2) is 4.99 Å². The Bertz CT molecular complexity index is 870. The fraction of sp³-hybridized carbons (Fsp3) is 0.273. The van der Waals surface area contributed by atoms with Gasteiger partial charge in [-0.3, -0.25) is 4.79 Å². The van der Waals surface area contributed by atoms with E-state index in [2.05, 4.69) is 41.2 Å². The van der Waals surface area contributed by atoms with Crippen molar-refractivity contribution in [3.63, 3.8) is 0 Å². The van der Waals surface area contributed by atoms with Crippen molar-refractivity contribution in [2.45, 2.75) is 20.8 Å². The van der Waals surface area contributed by atoms with E-state index >= 15 is 0 Å². The molecule has 0 bridgehead atoms. The number of nitrogens with zero attached hydrogens (tertiary/aromatic N) is 2. The third-order valence-electron chi connectivity index (χ3n) is 4.35. The minimum Gasteiger partial charge on any atom is -0.494 e. The van der Waals surface area contributed by atoms with Gasteiger partial charge in [-0.2, -0.15) is 0 Å². The Kier molecular flexibility index (Phi) is 6.76. The minimum atomic E-state index is -0.127. The van der Waals surface area contributed by atoms with E-state index in [1.807, 2.05) is 49.4 Å². The number of carbonyl (C=O) groups excluding carboxylic acids is 1. The van der Waals surface area contributed by atoms with Crippen molar-refractivity contribution in [2.75, 3.05) is 24.6 Å². The van der Waals surface area contributed by atoms with Crippen molar-refractivity contribution >= 4 is 40.3 Å². The summed E-state index contributed by atoms with van der Waals surface area (Å²) in [6.45, 7) is 8.80. The summed E-state index contributed by atoms with van der Waals surface area (Å²) in [5.41, 5.74) is 2.94. The van der Waals surface area contributed by atoms with Crippen molar-refractivity contribution in [1.82, 2.24) is 5.32 Å². The Hall–Kier alpha value is -2.73. The first-order chi connectivity index (χ1) is 13.6. The predicted molar refractivity (Wildman–Crippen MR) is 118 cm³/mol. The van der Waals surface area contributed by atoms with Crippen LogP contribution in [0.1, 0.15) is 26.3 Å². The second-order valence-corrected chi connectivity index (χ2v) is 7.20. The topological polar surface area (TPSA) is 53.9 Å². The zero-order valence-corrected chi connectivity index (χ0v) is 17.3. The molecule has 1 fully saturated rings. The summed E-state index contributed by atoms with van der Waals surface area (Å²) in [4.78, 5) is 19.7. The molecule has 0 radical (unpaired) electrons. The van der Waals surface area contributed by atoms with Gasteiger partial charge in [0.2, 0.25) is 0 Å². The molecule has 1 amide bonds. The molecule has 5 nitrogen and oxygen atoms in total. The van der Waals surface area contributed by atoms with Crippen LogP contribution >= 0.6 is 11.8 Å². The predicted octanol–water partition coefficient (Wildman–Crippen LogP) is 4.82. The number of amidine groups is 1. The highest BCUT2D eigenvalue weighted by atomic mass is 32.2. The number of hydrogen-bond donors (Lipinski definition) is 1. The smallest absolute Gasteiger partial charge is 0.264 e. The number of amides is 1. The number of carbonyl (C=O) groups is 1. The highest BCUT2D eigenvalue weighted by Crippen LogP contribution is 2.29. The van der Waals surface area contributed by atoms with E-state index in [1.54, 1.807) is 0 Å². The molecule has 0 atom stereocenters. The fourth-order valence-electron chi connectivity index (χ4n) is 2.90. The molecule has 0 aliphatic carbocycles. The fourth-order valence-corrected chi connectivity index (χ4v) is 3.74. The van der Waals surface area contributed by atoms with Gasteiger partial charge in [0.25, 0.3) is 5.91 Å². The number of thioether (sulfide) groups is 1. The third kappa shape index (κ3) is 4.95. The summed E-state index contributed by atoms with van der Waals surface area (Å²) < 4.78 is 5.45. The van der Waals surface area contributed by atoms with Crippen LogP contribution < -0.4 is 15.0 Å². The molecule has 0 aromatic heterocycles. The van der Waals surface area contributed by atoms with Gasteiger partial charge >= 0.3 is 0 Å². The van der Waals surface area contributed by atoms with Crippen molar-refractivity contribution in [3.8, 4) is 5.75 Å². The summed E-state index contributed by atoms with van der Waals surface area (Å²) in [6.07, 6.45) is 1.86. The molecule has 0 unspecified atom stereocenters. The van der Waals surface area contributed by atoms with Crippen LogP contribution in [0, 0.1) is 0 Å². The number of benzene rings is 2. The van der Waals surface area contributed by atoms with E-state index in [0.717, 1.165) is 30.1 Å². The lowest BCUT2D eigenvalue weighted by Gasteiger charge is -2.20. The molecule has 1 aliphatic heterocycles. The average Bonchev–Trinajstić information content (AvgIpc) is 3.04. The second-order valence-electron chi connectivity index (χ2n) is 6.17. The standard InChI is InChI=1S/C22H25N3O2S/c1-4-25(5-2)18-11-9-17(10-12-18)23-22-24-21(26)20(28-22)15-16-7-13-19(14-8-16)27-6-3/h7-15H,4-6H2,1-3H3,(H,23,24,26). The van der Waals surface area contributed by atoms with Gasteiger partial charge in [0.05, 0.1) is 17.2 Å². The average molecular weight is 396 g/mol. The minimum absolute atomic E-state index is 0.127. The molecule has 6 heteroatoms. The molecule has 1 saturated heterocycles. The van der Waals surface area contributed by atoms with Gasteiger partial charge < -0.3 is 15.0 Å². The highest BCUT2D eigenvalue weighted by Gasteiger charge is 2.23. The van der Waals surface area contributed by atoms with Crippen molar-refractivity contribution in [1.29, 1.82) is 0 Å². The van der Waals surface area contributed by atoms with Crippen molar-refractivity contribution in [2.24, 2.45) is 4.99 Å². The second kappa shape index (κ2) is 9.46. The van der Waals surface area contributed by atoms with E-state index < -0.39 is 0 Å². The van der Waals surface area contributed by atoms with E-state index in [4.69, 9.17) is 4.74 Å². The van der Waals surface area contributed by atoms with Gasteiger partial charge in [0.15, 0.2) is 5.17 Å². The van der Waals surface area contributed by atoms with Crippen molar-refractivity contribution in [3.05, 3.63) is 59.0 Å². The van der Waals surface area contributed by atoms with Crippen LogP contribution in [0.25, 0.3) is 6.08 Å². The first kappa shape index (κ1) is 20.0. The van der Waals surface area contributed by atoms with Gasteiger partial charge in [-0.15, -0.1) is 0 Å². The molecule has 146 valence electrons. The molecule has 0 spiro atoms. The number of nitrogens with one attached hydrogen (secondary N) is 1. The van der Waals surface area contributed by atoms with Crippen LogP contribution in [0.5, 0.6) is 5.75 Å². The molecule has 1 heterocycles. The van der Waals surface area contributed by atoms with Gasteiger partial charge in [0, 0.05) is 18.8 Å². The normalized spacial score (nSPS) is 16.5. The van der Waals surface area contributed by atoms with Crippen LogP contribution in [0.3, 0.4) is 0 Å². The zero-order chi connectivity index (χ0) is 19.9. The summed E-state index contributed by atoms with van der Waals surface area (Å²) in [5.74, 6) is 0.695. The maximum Gasteiger partial charge on any atom is 0.264 e. The molecule has 1 aliphatic rings. The van der Waals surface area contributed by atoms with Crippen LogP contribution in [0.4, 0.5) is 11.4 Å². The van der Waals surface area contributed by atoms with Crippen LogP contribution in [0.2, 0.25) is 0 Å². The summed E-state index contributed by atoms with van der Waals surface area (Å²) in [7, 11) is 0. The molecule has 2 aromatic rings. The lowest BCUT2D eigenvalue weighted by atomic mass is 10.2. The van der Waals surface area contributed by atoms with E-state index in [0.29, 0.717) is 16.7 Å². The lowest BCUT2D eigenvalue weighted by molar-refractivity contribution is -0.115. The zero-order valence-electron chi connectivity index (χ0n) is 16.4. The Morgan fingerprint density at radius 3 is 2.32 bits per heavy atom. The Morgan fingerprint density at radius 1 is 1.04 bits per heavy atom. The van der Waals surface area contributed by atoms with Crippen LogP contribution in [-0.4, -0.2) is 30.8 Å². The third-order valence-corrected chi connectivity index (χ3v) is 5.26. The van der Waals surface area contributed by atoms with Gasteiger partial charge in [-0.1, -0.05) is 12.1 Å². The van der Waals surface area contributed by atoms with E-state index in [1.165, 1.54) is 17.4 Å². The lowest BCUT2D eigenvalue weighted by Crippen LogP contribution is -2.21. The molecule has 3 rings (SSSR count). The molecular formula is C22H25N3O2S. The van der Waals surface area contributed by atoms with Gasteiger partial charge in [0.1, 0.15) is 5.75 Å². The quantitative estimate of drug-likeness (QED) is 0.683. The maximum absolute atomic E-state index is 12.3. The number of aliphatic imine (C=N–C) groups is 1. The molecule has 1 N–H and O–H groups in total. The summed E-state index contributed by atoms with van der Waals surface area (Å²) in [5, 5.41) is 3.43. The molecule has 2 aromatic carbocycles. The summed E-state index contributed by atoms with van der Waals surface area (Å²) >= 11 is 1.35. The Labute approximate surface area is 170 Å². The molecule has 0 saturated carbocycles. The van der Waals surface area contributed by atoms with E-state index in [9.17, 15) is 4.79 Å². The molecule has 28 heavy (non-hydrogen) atoms. The Balaban J connectivity index is 1.71. The number of rotatable bonds is 7. The molecular weight excluding hydrogens is 370 g/mol. The first-order valence-corrected chi connectivity index (χ1v) is 10.3.